The van der Waals surface area contributed by atoms with Gasteiger partial charge in [0.1, 0.15) is 0 Å². The van der Waals surface area contributed by atoms with E-state index in [2.05, 4.69) is 17.5 Å². The van der Waals surface area contributed by atoms with E-state index in [4.69, 9.17) is 23.2 Å². The number of hydrogen-bond acceptors (Lipinski definition) is 3. The number of carbonyl (C=O) groups excluding carboxylic acids is 3. The van der Waals surface area contributed by atoms with Crippen LogP contribution in [0.5, 0.6) is 0 Å². The molecular weight excluding hydrogens is 435 g/mol. The van der Waals surface area contributed by atoms with Crippen LogP contribution in [0.3, 0.4) is 0 Å². The fraction of sp³-hybridized carbons (Fsp3) is 0.292. The Morgan fingerprint density at radius 2 is 1.61 bits per heavy atom. The van der Waals surface area contributed by atoms with Gasteiger partial charge in [-0.1, -0.05) is 41.4 Å². The highest BCUT2D eigenvalue weighted by atomic mass is 35.5. The van der Waals surface area contributed by atoms with Crippen molar-refractivity contribution in [2.75, 3.05) is 10.2 Å². The van der Waals surface area contributed by atoms with E-state index < -0.39 is 0 Å². The number of rotatable bonds is 3. The highest BCUT2D eigenvalue weighted by Crippen LogP contribution is 2.65. The Morgan fingerprint density at radius 1 is 0.935 bits per heavy atom. The van der Waals surface area contributed by atoms with Gasteiger partial charge in [-0.2, -0.15) is 0 Å². The van der Waals surface area contributed by atoms with Gasteiger partial charge in [0.25, 0.3) is 5.91 Å². The second-order valence-corrected chi connectivity index (χ2v) is 9.64. The van der Waals surface area contributed by atoms with E-state index in [9.17, 15) is 14.4 Å². The maximum Gasteiger partial charge on any atom is 0.255 e. The van der Waals surface area contributed by atoms with Crippen LogP contribution in [0.1, 0.15) is 16.8 Å². The molecule has 1 N–H and O–H groups in total. The minimum absolute atomic E-state index is 0.141. The third-order valence-corrected chi connectivity index (χ3v) is 7.76. The molecule has 7 heteroatoms. The zero-order chi connectivity index (χ0) is 21.4. The van der Waals surface area contributed by atoms with Gasteiger partial charge in [-0.25, -0.2) is 4.90 Å². The van der Waals surface area contributed by atoms with Crippen LogP contribution in [0.2, 0.25) is 10.0 Å². The van der Waals surface area contributed by atoms with Crippen LogP contribution in [0.4, 0.5) is 11.4 Å². The molecule has 1 aliphatic heterocycles. The first-order valence-electron chi connectivity index (χ1n) is 10.4. The summed E-state index contributed by atoms with van der Waals surface area (Å²) in [5.74, 6) is 0.234. The van der Waals surface area contributed by atoms with Gasteiger partial charge in [-0.15, -0.1) is 0 Å². The van der Waals surface area contributed by atoms with E-state index in [1.165, 1.54) is 4.90 Å². The lowest BCUT2D eigenvalue weighted by Gasteiger charge is -2.37. The summed E-state index contributed by atoms with van der Waals surface area (Å²) in [6.45, 7) is 0. The highest BCUT2D eigenvalue weighted by Gasteiger charge is 2.67. The predicted molar refractivity (Wildman–Crippen MR) is 118 cm³/mol. The SMILES string of the molecule is O=C(Nc1ccc(Cl)cc1Cl)c1cccc(N2C(=O)[C@@H]3[C@H]4C=C[C@@H]([C@@H]5C[C@@H]45)[C@H]3C2=O)c1. The second-order valence-electron chi connectivity index (χ2n) is 8.80. The van der Waals surface area contributed by atoms with Crippen LogP contribution < -0.4 is 10.2 Å². The molecule has 0 unspecified atom stereocenters. The number of imide groups is 1. The Morgan fingerprint density at radius 3 is 2.26 bits per heavy atom. The molecule has 7 rings (SSSR count). The van der Waals surface area contributed by atoms with Crippen molar-refractivity contribution in [3.63, 3.8) is 0 Å². The molecule has 5 aliphatic rings. The Hall–Kier alpha value is -2.63. The molecule has 31 heavy (non-hydrogen) atoms. The third kappa shape index (κ3) is 2.80. The van der Waals surface area contributed by atoms with E-state index in [-0.39, 0.29) is 41.4 Å². The maximum absolute atomic E-state index is 13.3. The van der Waals surface area contributed by atoms with Crippen LogP contribution in [-0.4, -0.2) is 17.7 Å². The molecule has 5 nitrogen and oxygen atoms in total. The van der Waals surface area contributed by atoms with E-state index in [0.717, 1.165) is 6.42 Å². The van der Waals surface area contributed by atoms with Crippen molar-refractivity contribution >= 4 is 52.3 Å². The molecule has 0 aromatic heterocycles. The largest absolute Gasteiger partial charge is 0.321 e. The molecule has 3 fully saturated rings. The second kappa shape index (κ2) is 6.68. The minimum Gasteiger partial charge on any atom is -0.321 e. The normalized spacial score (nSPS) is 32.1. The molecule has 3 amide bonds. The number of allylic oxidation sites excluding steroid dienone is 2. The topological polar surface area (TPSA) is 66.5 Å². The molecule has 156 valence electrons. The van der Waals surface area contributed by atoms with Crippen LogP contribution in [0.15, 0.2) is 54.6 Å². The number of anilines is 2. The summed E-state index contributed by atoms with van der Waals surface area (Å²) in [6, 6.07) is 11.4. The van der Waals surface area contributed by atoms with Crippen LogP contribution in [0, 0.1) is 35.5 Å². The van der Waals surface area contributed by atoms with Gasteiger partial charge in [0.15, 0.2) is 0 Å². The average Bonchev–Trinajstić information content (AvgIpc) is 3.53. The summed E-state index contributed by atoms with van der Waals surface area (Å²) in [5.41, 5.74) is 1.21. The lowest BCUT2D eigenvalue weighted by Crippen LogP contribution is -2.40. The fourth-order valence-corrected chi connectivity index (χ4v) is 6.24. The monoisotopic (exact) mass is 452 g/mol. The van der Waals surface area contributed by atoms with Crippen molar-refractivity contribution in [1.82, 2.24) is 0 Å². The predicted octanol–water partition coefficient (Wildman–Crippen LogP) is 4.80. The average molecular weight is 453 g/mol. The van der Waals surface area contributed by atoms with Gasteiger partial charge in [-0.05, 0) is 66.5 Å². The van der Waals surface area contributed by atoms with Crippen molar-refractivity contribution in [3.8, 4) is 0 Å². The van der Waals surface area contributed by atoms with Crippen molar-refractivity contribution in [1.29, 1.82) is 0 Å². The molecule has 2 bridgehead atoms. The van der Waals surface area contributed by atoms with E-state index in [1.807, 2.05) is 0 Å². The lowest BCUT2D eigenvalue weighted by atomic mass is 9.63. The van der Waals surface area contributed by atoms with Gasteiger partial charge < -0.3 is 5.32 Å². The summed E-state index contributed by atoms with van der Waals surface area (Å²) < 4.78 is 0. The van der Waals surface area contributed by atoms with E-state index in [0.29, 0.717) is 38.8 Å². The first-order valence-corrected chi connectivity index (χ1v) is 11.1. The number of benzene rings is 2. The van der Waals surface area contributed by atoms with E-state index in [1.54, 1.807) is 42.5 Å². The standard InChI is InChI=1S/C24H18Cl2N2O3/c25-12-4-7-19(18(26)9-12)27-22(29)11-2-1-3-13(8-11)28-23(30)20-14-5-6-15(17-10-16(14)17)21(20)24(28)31/h1-9,14-17,20-21H,10H2,(H,27,29)/t14-,15-,16-,17-,20+,21+/m0/s1. The molecule has 2 saturated carbocycles. The number of amides is 3. The number of nitrogens with one attached hydrogen (secondary N) is 1. The van der Waals surface area contributed by atoms with Gasteiger partial charge in [-0.3, -0.25) is 14.4 Å². The first-order chi connectivity index (χ1) is 14.9. The number of halogens is 2. The highest BCUT2D eigenvalue weighted by molar-refractivity contribution is 6.36. The van der Waals surface area contributed by atoms with E-state index >= 15 is 0 Å². The molecule has 0 spiro atoms. The molecular formula is C24H18Cl2N2O3. The Labute approximate surface area is 189 Å². The maximum atomic E-state index is 13.3. The molecule has 0 radical (unpaired) electrons. The summed E-state index contributed by atoms with van der Waals surface area (Å²) in [6.07, 6.45) is 5.42. The Bertz CT molecular complexity index is 1160. The molecule has 4 aliphatic carbocycles. The van der Waals surface area contributed by atoms with Gasteiger partial charge in [0.2, 0.25) is 11.8 Å². The number of nitrogens with zero attached hydrogens (tertiary/aromatic N) is 1. The van der Waals surface area contributed by atoms with Gasteiger partial charge in [0, 0.05) is 10.6 Å². The molecule has 2 aromatic rings. The summed E-state index contributed by atoms with van der Waals surface area (Å²) >= 11 is 12.1. The lowest BCUT2D eigenvalue weighted by molar-refractivity contribution is -0.124. The molecule has 6 atom stereocenters. The van der Waals surface area contributed by atoms with Gasteiger partial charge in [0.05, 0.1) is 28.2 Å². The summed E-state index contributed by atoms with van der Waals surface area (Å²) in [7, 11) is 0. The first kappa shape index (κ1) is 19.1. The summed E-state index contributed by atoms with van der Waals surface area (Å²) in [5, 5.41) is 3.55. The quantitative estimate of drug-likeness (QED) is 0.536. The van der Waals surface area contributed by atoms with Crippen molar-refractivity contribution in [2.45, 2.75) is 6.42 Å². The molecule has 2 aromatic carbocycles. The fourth-order valence-electron chi connectivity index (χ4n) is 5.78. The van der Waals surface area contributed by atoms with Crippen molar-refractivity contribution in [3.05, 3.63) is 70.2 Å². The Balaban J connectivity index is 1.28. The molecule has 1 saturated heterocycles. The Kier molecular flexibility index (Phi) is 4.11. The van der Waals surface area contributed by atoms with Crippen LogP contribution in [0.25, 0.3) is 0 Å². The number of carbonyl (C=O) groups is 3. The molecule has 1 heterocycles. The minimum atomic E-state index is -0.384. The van der Waals surface area contributed by atoms with Crippen molar-refractivity contribution in [2.24, 2.45) is 35.5 Å². The zero-order valence-corrected chi connectivity index (χ0v) is 17.8. The van der Waals surface area contributed by atoms with Crippen molar-refractivity contribution < 1.29 is 14.4 Å². The third-order valence-electron chi connectivity index (χ3n) is 7.21. The van der Waals surface area contributed by atoms with Crippen LogP contribution in [-0.2, 0) is 9.59 Å². The number of hydrogen-bond donors (Lipinski definition) is 1. The summed E-state index contributed by atoms with van der Waals surface area (Å²) in [4.78, 5) is 40.7. The van der Waals surface area contributed by atoms with Crippen LogP contribution >= 0.6 is 23.2 Å². The smallest absolute Gasteiger partial charge is 0.255 e. The van der Waals surface area contributed by atoms with Gasteiger partial charge >= 0.3 is 0 Å². The zero-order valence-electron chi connectivity index (χ0n) is 16.3.